The summed E-state index contributed by atoms with van der Waals surface area (Å²) in [7, 11) is 0. The van der Waals surface area contributed by atoms with Crippen molar-refractivity contribution in [2.24, 2.45) is 4.99 Å². The highest BCUT2D eigenvalue weighted by Crippen LogP contribution is 2.19. The predicted octanol–water partition coefficient (Wildman–Crippen LogP) is 3.98. The predicted molar refractivity (Wildman–Crippen MR) is 94.6 cm³/mol. The molecule has 0 fully saturated rings. The molecule has 0 radical (unpaired) electrons. The van der Waals surface area contributed by atoms with E-state index in [1.165, 1.54) is 14.6 Å². The Hall–Kier alpha value is -1.33. The summed E-state index contributed by atoms with van der Waals surface area (Å²) in [5.74, 6) is 1.39. The highest BCUT2D eigenvalue weighted by atomic mass is 32.1. The van der Waals surface area contributed by atoms with Crippen molar-refractivity contribution in [1.82, 2.24) is 10.6 Å². The van der Waals surface area contributed by atoms with Crippen LogP contribution in [0.25, 0.3) is 0 Å². The number of nitrogens with one attached hydrogen (secondary N) is 2. The number of hydrogen-bond acceptors (Lipinski definition) is 3. The van der Waals surface area contributed by atoms with Gasteiger partial charge in [0.2, 0.25) is 0 Å². The fourth-order valence-corrected chi connectivity index (χ4v) is 3.59. The zero-order valence-corrected chi connectivity index (χ0v) is 14.5. The Kier molecular flexibility index (Phi) is 6.26. The van der Waals surface area contributed by atoms with E-state index in [1.807, 2.05) is 22.7 Å². The molecule has 1 unspecified atom stereocenters. The highest BCUT2D eigenvalue weighted by molar-refractivity contribution is 7.11. The van der Waals surface area contributed by atoms with Gasteiger partial charge in [0, 0.05) is 33.6 Å². The molecule has 0 aliphatic carbocycles. The minimum Gasteiger partial charge on any atom is -0.357 e. The van der Waals surface area contributed by atoms with E-state index in [1.54, 1.807) is 0 Å². The SMILES string of the molecule is CCNC(=NCc1ccc(C)s1)NCC(C)c1cccs1. The molecule has 0 aromatic carbocycles. The Morgan fingerprint density at radius 2 is 2.14 bits per heavy atom. The lowest BCUT2D eigenvalue weighted by Gasteiger charge is -2.14. The first-order valence-corrected chi connectivity index (χ1v) is 8.99. The molecule has 2 N–H and O–H groups in total. The zero-order valence-electron chi connectivity index (χ0n) is 12.8. The van der Waals surface area contributed by atoms with Gasteiger partial charge < -0.3 is 10.6 Å². The number of thiophene rings is 2. The molecule has 2 rings (SSSR count). The Balaban J connectivity index is 1.89. The number of aryl methyl sites for hydroxylation is 1. The number of hydrogen-bond donors (Lipinski definition) is 2. The second-order valence-corrected chi connectivity index (χ2v) is 7.36. The summed E-state index contributed by atoms with van der Waals surface area (Å²) in [6.07, 6.45) is 0. The molecule has 0 saturated heterocycles. The van der Waals surface area contributed by atoms with E-state index in [0.29, 0.717) is 5.92 Å². The largest absolute Gasteiger partial charge is 0.357 e. The molecular formula is C16H23N3S2. The van der Waals surface area contributed by atoms with Crippen LogP contribution in [-0.2, 0) is 6.54 Å². The minimum atomic E-state index is 0.498. The summed E-state index contributed by atoms with van der Waals surface area (Å²) in [5.41, 5.74) is 0. The van der Waals surface area contributed by atoms with Gasteiger partial charge in [0.25, 0.3) is 0 Å². The number of nitrogens with zero attached hydrogens (tertiary/aromatic N) is 1. The van der Waals surface area contributed by atoms with Gasteiger partial charge in [-0.15, -0.1) is 22.7 Å². The molecule has 1 atom stereocenters. The van der Waals surface area contributed by atoms with E-state index in [9.17, 15) is 0 Å². The van der Waals surface area contributed by atoms with Crippen molar-refractivity contribution in [2.75, 3.05) is 13.1 Å². The van der Waals surface area contributed by atoms with E-state index in [2.05, 4.69) is 66.0 Å². The van der Waals surface area contributed by atoms with Crippen LogP contribution in [0, 0.1) is 6.92 Å². The van der Waals surface area contributed by atoms with Crippen LogP contribution in [0.5, 0.6) is 0 Å². The fraction of sp³-hybridized carbons (Fsp3) is 0.438. The first kappa shape index (κ1) is 16.0. The molecule has 2 aromatic rings. The molecule has 0 bridgehead atoms. The maximum absolute atomic E-state index is 4.66. The fourth-order valence-electron chi connectivity index (χ4n) is 1.99. The van der Waals surface area contributed by atoms with Gasteiger partial charge in [-0.3, -0.25) is 0 Å². The first-order chi connectivity index (χ1) is 10.2. The van der Waals surface area contributed by atoms with Gasteiger partial charge in [-0.05, 0) is 37.4 Å². The van der Waals surface area contributed by atoms with E-state index in [0.717, 1.165) is 25.6 Å². The number of aliphatic imine (C=N–C) groups is 1. The molecule has 5 heteroatoms. The average molecular weight is 322 g/mol. The van der Waals surface area contributed by atoms with E-state index >= 15 is 0 Å². The maximum atomic E-state index is 4.66. The Morgan fingerprint density at radius 1 is 1.29 bits per heavy atom. The topological polar surface area (TPSA) is 36.4 Å². The Morgan fingerprint density at radius 3 is 2.76 bits per heavy atom. The summed E-state index contributed by atoms with van der Waals surface area (Å²) in [5, 5.41) is 8.87. The molecule has 3 nitrogen and oxygen atoms in total. The van der Waals surface area contributed by atoms with Crippen molar-refractivity contribution in [3.63, 3.8) is 0 Å². The van der Waals surface area contributed by atoms with Crippen molar-refractivity contribution in [3.05, 3.63) is 44.3 Å². The minimum absolute atomic E-state index is 0.498. The molecule has 0 aliphatic heterocycles. The van der Waals surface area contributed by atoms with Crippen molar-refractivity contribution in [1.29, 1.82) is 0 Å². The van der Waals surface area contributed by atoms with E-state index < -0.39 is 0 Å². The summed E-state index contributed by atoms with van der Waals surface area (Å²) in [6, 6.07) is 8.60. The van der Waals surface area contributed by atoms with E-state index in [4.69, 9.17) is 0 Å². The lowest BCUT2D eigenvalue weighted by Crippen LogP contribution is -2.38. The molecule has 0 spiro atoms. The van der Waals surface area contributed by atoms with Gasteiger partial charge in [-0.1, -0.05) is 13.0 Å². The van der Waals surface area contributed by atoms with Crippen molar-refractivity contribution < 1.29 is 0 Å². The quantitative estimate of drug-likeness (QED) is 0.624. The smallest absolute Gasteiger partial charge is 0.191 e. The Bertz CT molecular complexity index is 558. The van der Waals surface area contributed by atoms with E-state index in [-0.39, 0.29) is 0 Å². The van der Waals surface area contributed by atoms with Crippen LogP contribution in [0.3, 0.4) is 0 Å². The van der Waals surface area contributed by atoms with Gasteiger partial charge >= 0.3 is 0 Å². The van der Waals surface area contributed by atoms with Crippen LogP contribution in [0.1, 0.15) is 34.4 Å². The van der Waals surface area contributed by atoms with Gasteiger partial charge in [0.15, 0.2) is 5.96 Å². The standard InChI is InChI=1S/C16H23N3S2/c1-4-17-16(19-11-14-8-7-13(3)21-14)18-10-12(2)15-6-5-9-20-15/h5-9,12H,4,10-11H2,1-3H3,(H2,17,18,19). The lowest BCUT2D eigenvalue weighted by atomic mass is 10.1. The zero-order chi connectivity index (χ0) is 15.1. The van der Waals surface area contributed by atoms with Crippen LogP contribution in [0.15, 0.2) is 34.6 Å². The molecule has 0 saturated carbocycles. The lowest BCUT2D eigenvalue weighted by molar-refractivity contribution is 0.709. The van der Waals surface area contributed by atoms with Crippen molar-refractivity contribution >= 4 is 28.6 Å². The summed E-state index contributed by atoms with van der Waals surface area (Å²) >= 11 is 3.62. The number of guanidine groups is 1. The molecule has 21 heavy (non-hydrogen) atoms. The van der Waals surface area contributed by atoms with Gasteiger partial charge in [0.05, 0.1) is 6.54 Å². The average Bonchev–Trinajstić information content (AvgIpc) is 3.13. The first-order valence-electron chi connectivity index (χ1n) is 7.30. The summed E-state index contributed by atoms with van der Waals surface area (Å²) in [6.45, 7) is 8.98. The second-order valence-electron chi connectivity index (χ2n) is 5.00. The van der Waals surface area contributed by atoms with Crippen molar-refractivity contribution in [3.8, 4) is 0 Å². The second kappa shape index (κ2) is 8.20. The van der Waals surface area contributed by atoms with Crippen LogP contribution >= 0.6 is 22.7 Å². The van der Waals surface area contributed by atoms with Crippen molar-refractivity contribution in [2.45, 2.75) is 33.2 Å². The third-order valence-corrected chi connectivity index (χ3v) is 5.23. The van der Waals surface area contributed by atoms with Crippen LogP contribution in [-0.4, -0.2) is 19.0 Å². The molecular weight excluding hydrogens is 298 g/mol. The molecule has 0 aliphatic rings. The Labute approximate surface area is 135 Å². The van der Waals surface area contributed by atoms with Crippen LogP contribution in [0.2, 0.25) is 0 Å². The molecule has 114 valence electrons. The molecule has 0 amide bonds. The van der Waals surface area contributed by atoms with Gasteiger partial charge in [0.1, 0.15) is 0 Å². The third-order valence-electron chi connectivity index (χ3n) is 3.14. The third kappa shape index (κ3) is 5.17. The van der Waals surface area contributed by atoms with Gasteiger partial charge in [-0.25, -0.2) is 4.99 Å². The molecule has 2 heterocycles. The summed E-state index contributed by atoms with van der Waals surface area (Å²) < 4.78 is 0. The van der Waals surface area contributed by atoms with Crippen LogP contribution in [0.4, 0.5) is 0 Å². The monoisotopic (exact) mass is 321 g/mol. The summed E-state index contributed by atoms with van der Waals surface area (Å²) in [4.78, 5) is 8.71. The highest BCUT2D eigenvalue weighted by Gasteiger charge is 2.07. The normalized spacial score (nSPS) is 13.2. The maximum Gasteiger partial charge on any atom is 0.191 e. The van der Waals surface area contributed by atoms with Crippen LogP contribution < -0.4 is 10.6 Å². The van der Waals surface area contributed by atoms with Gasteiger partial charge in [-0.2, -0.15) is 0 Å². The number of rotatable bonds is 6. The molecule has 2 aromatic heterocycles.